The molecular formula is C14H18ClNO2S. The summed E-state index contributed by atoms with van der Waals surface area (Å²) in [5.74, 6) is -0.806. The van der Waals surface area contributed by atoms with Crippen molar-refractivity contribution in [3.63, 3.8) is 0 Å². The Labute approximate surface area is 122 Å². The molecule has 0 spiro atoms. The zero-order valence-corrected chi connectivity index (χ0v) is 12.8. The standard InChI is InChI=1S/C14H18ClNO2S/c1-14(2,3)13-16-10(12(17)18)11(19-13)8-4-6-9(15)7-5-8/h4-7,10-11,13,16H,1-3H3,(H,17,18)/t10-,11+,13?/m0/s1. The number of carboxylic acid groups (broad SMARTS) is 1. The molecule has 19 heavy (non-hydrogen) atoms. The fraction of sp³-hybridized carbons (Fsp3) is 0.500. The monoisotopic (exact) mass is 299 g/mol. The third kappa shape index (κ3) is 3.25. The second-order valence-electron chi connectivity index (χ2n) is 5.84. The van der Waals surface area contributed by atoms with Crippen molar-refractivity contribution < 1.29 is 9.90 Å². The summed E-state index contributed by atoms with van der Waals surface area (Å²) in [6, 6.07) is 6.86. The van der Waals surface area contributed by atoms with Gasteiger partial charge < -0.3 is 5.11 Å². The molecule has 104 valence electrons. The van der Waals surface area contributed by atoms with Crippen LogP contribution >= 0.6 is 23.4 Å². The second-order valence-corrected chi connectivity index (χ2v) is 7.52. The Morgan fingerprint density at radius 2 is 1.89 bits per heavy atom. The molecule has 3 atom stereocenters. The average molecular weight is 300 g/mol. The van der Waals surface area contributed by atoms with Crippen LogP contribution in [0.15, 0.2) is 24.3 Å². The Kier molecular flexibility index (Phi) is 4.14. The minimum atomic E-state index is -0.806. The molecule has 5 heteroatoms. The van der Waals surface area contributed by atoms with Gasteiger partial charge in [-0.05, 0) is 23.1 Å². The Morgan fingerprint density at radius 3 is 2.37 bits per heavy atom. The van der Waals surface area contributed by atoms with E-state index in [9.17, 15) is 9.90 Å². The van der Waals surface area contributed by atoms with E-state index in [-0.39, 0.29) is 16.0 Å². The minimum Gasteiger partial charge on any atom is -0.480 e. The number of hydrogen-bond acceptors (Lipinski definition) is 3. The summed E-state index contributed by atoms with van der Waals surface area (Å²) in [5, 5.41) is 13.3. The van der Waals surface area contributed by atoms with E-state index < -0.39 is 12.0 Å². The molecule has 3 nitrogen and oxygen atoms in total. The first-order valence-electron chi connectivity index (χ1n) is 6.19. The maximum absolute atomic E-state index is 11.4. The number of rotatable bonds is 2. The Bertz CT molecular complexity index is 469. The average Bonchev–Trinajstić information content (AvgIpc) is 2.74. The fourth-order valence-electron chi connectivity index (χ4n) is 2.09. The zero-order valence-electron chi connectivity index (χ0n) is 11.2. The molecule has 0 aliphatic carbocycles. The highest BCUT2D eigenvalue weighted by atomic mass is 35.5. The largest absolute Gasteiger partial charge is 0.480 e. The molecule has 1 aliphatic heterocycles. The molecule has 0 bridgehead atoms. The number of thioether (sulfide) groups is 1. The lowest BCUT2D eigenvalue weighted by molar-refractivity contribution is -0.139. The van der Waals surface area contributed by atoms with Gasteiger partial charge in [0.2, 0.25) is 0 Å². The minimum absolute atomic E-state index is 0.0134. The van der Waals surface area contributed by atoms with E-state index >= 15 is 0 Å². The van der Waals surface area contributed by atoms with Crippen molar-refractivity contribution in [1.82, 2.24) is 5.32 Å². The highest BCUT2D eigenvalue weighted by molar-refractivity contribution is 8.00. The van der Waals surface area contributed by atoms with Gasteiger partial charge in [-0.2, -0.15) is 0 Å². The topological polar surface area (TPSA) is 49.3 Å². The lowest BCUT2D eigenvalue weighted by atomic mass is 9.95. The van der Waals surface area contributed by atoms with Gasteiger partial charge in [0.25, 0.3) is 0 Å². The molecule has 1 aromatic rings. The lowest BCUT2D eigenvalue weighted by Crippen LogP contribution is -2.42. The van der Waals surface area contributed by atoms with Crippen molar-refractivity contribution in [3.05, 3.63) is 34.9 Å². The molecule has 0 radical (unpaired) electrons. The van der Waals surface area contributed by atoms with E-state index in [1.54, 1.807) is 23.9 Å². The summed E-state index contributed by atoms with van der Waals surface area (Å²) < 4.78 is 0. The molecule has 0 amide bonds. The third-order valence-electron chi connectivity index (χ3n) is 3.17. The summed E-state index contributed by atoms with van der Waals surface area (Å²) in [7, 11) is 0. The first-order chi connectivity index (χ1) is 8.79. The van der Waals surface area contributed by atoms with E-state index in [0.29, 0.717) is 5.02 Å². The van der Waals surface area contributed by atoms with Crippen molar-refractivity contribution in [2.45, 2.75) is 37.4 Å². The van der Waals surface area contributed by atoms with E-state index in [2.05, 4.69) is 26.1 Å². The summed E-state index contributed by atoms with van der Waals surface area (Å²) in [5.41, 5.74) is 1.01. The molecule has 1 saturated heterocycles. The maximum atomic E-state index is 11.4. The molecular weight excluding hydrogens is 282 g/mol. The van der Waals surface area contributed by atoms with Crippen molar-refractivity contribution in [2.75, 3.05) is 0 Å². The van der Waals surface area contributed by atoms with Crippen LogP contribution in [0.4, 0.5) is 0 Å². The third-order valence-corrected chi connectivity index (χ3v) is 5.37. The molecule has 0 saturated carbocycles. The molecule has 2 N–H and O–H groups in total. The van der Waals surface area contributed by atoms with Gasteiger partial charge in [-0.3, -0.25) is 10.1 Å². The van der Waals surface area contributed by atoms with E-state index in [1.165, 1.54) is 0 Å². The Hall–Kier alpha value is -0.710. The molecule has 1 heterocycles. The highest BCUT2D eigenvalue weighted by Gasteiger charge is 2.43. The van der Waals surface area contributed by atoms with E-state index in [1.807, 2.05) is 12.1 Å². The summed E-state index contributed by atoms with van der Waals surface area (Å²) >= 11 is 7.56. The number of nitrogens with one attached hydrogen (secondary N) is 1. The van der Waals surface area contributed by atoms with Crippen LogP contribution in [0.1, 0.15) is 31.6 Å². The van der Waals surface area contributed by atoms with Crippen LogP contribution in [0.2, 0.25) is 5.02 Å². The first-order valence-corrected chi connectivity index (χ1v) is 7.51. The zero-order chi connectivity index (χ0) is 14.2. The number of aliphatic carboxylic acids is 1. The van der Waals surface area contributed by atoms with E-state index in [4.69, 9.17) is 11.6 Å². The van der Waals surface area contributed by atoms with Crippen molar-refractivity contribution in [2.24, 2.45) is 5.41 Å². The Morgan fingerprint density at radius 1 is 1.32 bits per heavy atom. The van der Waals surface area contributed by atoms with Gasteiger partial charge in [0.15, 0.2) is 0 Å². The Balaban J connectivity index is 2.27. The number of hydrogen-bond donors (Lipinski definition) is 2. The second kappa shape index (κ2) is 5.35. The molecule has 2 rings (SSSR count). The fourth-order valence-corrected chi connectivity index (χ4v) is 3.81. The van der Waals surface area contributed by atoms with Crippen LogP contribution in [-0.2, 0) is 4.79 Å². The van der Waals surface area contributed by atoms with Crippen LogP contribution in [0.5, 0.6) is 0 Å². The van der Waals surface area contributed by atoms with Crippen molar-refractivity contribution in [1.29, 1.82) is 0 Å². The van der Waals surface area contributed by atoms with Crippen LogP contribution in [0.25, 0.3) is 0 Å². The number of halogens is 1. The van der Waals surface area contributed by atoms with Crippen LogP contribution in [-0.4, -0.2) is 22.5 Å². The summed E-state index contributed by atoms with van der Waals surface area (Å²) in [6.07, 6.45) is 0. The smallest absolute Gasteiger partial charge is 0.322 e. The molecule has 1 unspecified atom stereocenters. The van der Waals surface area contributed by atoms with Gasteiger partial charge in [0.1, 0.15) is 6.04 Å². The van der Waals surface area contributed by atoms with Crippen LogP contribution in [0, 0.1) is 5.41 Å². The number of carbonyl (C=O) groups is 1. The van der Waals surface area contributed by atoms with Gasteiger partial charge in [0.05, 0.1) is 10.6 Å². The molecule has 1 aliphatic rings. The van der Waals surface area contributed by atoms with Crippen LogP contribution < -0.4 is 5.32 Å². The van der Waals surface area contributed by atoms with Crippen LogP contribution in [0.3, 0.4) is 0 Å². The van der Waals surface area contributed by atoms with Gasteiger partial charge in [-0.25, -0.2) is 0 Å². The molecule has 1 aromatic carbocycles. The van der Waals surface area contributed by atoms with Gasteiger partial charge in [-0.1, -0.05) is 44.5 Å². The van der Waals surface area contributed by atoms with Crippen molar-refractivity contribution >= 4 is 29.3 Å². The summed E-state index contributed by atoms with van der Waals surface area (Å²) in [4.78, 5) is 11.4. The number of benzene rings is 1. The van der Waals surface area contributed by atoms with Gasteiger partial charge in [0, 0.05) is 5.02 Å². The number of carboxylic acids is 1. The van der Waals surface area contributed by atoms with Crippen molar-refractivity contribution in [3.8, 4) is 0 Å². The predicted octanol–water partition coefficient (Wildman–Crippen LogP) is 3.54. The van der Waals surface area contributed by atoms with Gasteiger partial charge >= 0.3 is 5.97 Å². The lowest BCUT2D eigenvalue weighted by Gasteiger charge is -2.26. The molecule has 0 aromatic heterocycles. The van der Waals surface area contributed by atoms with Gasteiger partial charge in [-0.15, -0.1) is 11.8 Å². The molecule has 1 fully saturated rings. The summed E-state index contributed by atoms with van der Waals surface area (Å²) in [6.45, 7) is 6.34. The highest BCUT2D eigenvalue weighted by Crippen LogP contribution is 2.46. The normalized spacial score (nSPS) is 27.5. The predicted molar refractivity (Wildman–Crippen MR) is 79.6 cm³/mol. The quantitative estimate of drug-likeness (QED) is 0.877. The maximum Gasteiger partial charge on any atom is 0.322 e. The SMILES string of the molecule is CC(C)(C)C1N[C@H](C(=O)O)[C@@H](c2ccc(Cl)cc2)S1. The van der Waals surface area contributed by atoms with E-state index in [0.717, 1.165) is 5.56 Å². The first kappa shape index (κ1) is 14.7.